The van der Waals surface area contributed by atoms with Gasteiger partial charge in [-0.15, -0.1) is 11.8 Å². The third-order valence-electron chi connectivity index (χ3n) is 4.68. The summed E-state index contributed by atoms with van der Waals surface area (Å²) in [5.41, 5.74) is 3.44. The van der Waals surface area contributed by atoms with Gasteiger partial charge in [-0.2, -0.15) is 0 Å². The standard InChI is InChI=1S/C24H24N2OS/c1-2-27-18-17-26-22-16-10-9-15-21(22)25-24(26)23(19-11-5-3-6-12-19)28-20-13-7-4-8-14-20/h3-16,23H,2,17-18H2,1H3. The van der Waals surface area contributed by atoms with Crippen LogP contribution < -0.4 is 0 Å². The quantitative estimate of drug-likeness (QED) is 0.275. The zero-order valence-corrected chi connectivity index (χ0v) is 16.8. The number of imidazole rings is 1. The number of rotatable bonds is 8. The summed E-state index contributed by atoms with van der Waals surface area (Å²) in [6, 6.07) is 29.5. The molecule has 4 rings (SSSR count). The number of benzene rings is 3. The molecule has 28 heavy (non-hydrogen) atoms. The van der Waals surface area contributed by atoms with E-state index in [0.29, 0.717) is 6.61 Å². The molecule has 0 aliphatic rings. The van der Waals surface area contributed by atoms with Crippen LogP contribution in [-0.2, 0) is 11.3 Å². The van der Waals surface area contributed by atoms with E-state index in [2.05, 4.69) is 83.4 Å². The van der Waals surface area contributed by atoms with Gasteiger partial charge in [0.1, 0.15) is 5.82 Å². The van der Waals surface area contributed by atoms with Crippen LogP contribution in [0.4, 0.5) is 0 Å². The Balaban J connectivity index is 1.81. The molecule has 0 aliphatic heterocycles. The molecule has 0 spiro atoms. The van der Waals surface area contributed by atoms with Crippen molar-refractivity contribution in [2.24, 2.45) is 0 Å². The molecular formula is C24H24N2OS. The van der Waals surface area contributed by atoms with Crippen LogP contribution in [0.3, 0.4) is 0 Å². The smallest absolute Gasteiger partial charge is 0.128 e. The molecule has 1 aromatic heterocycles. The molecule has 0 saturated carbocycles. The molecule has 0 saturated heterocycles. The van der Waals surface area contributed by atoms with Crippen molar-refractivity contribution in [1.82, 2.24) is 9.55 Å². The highest BCUT2D eigenvalue weighted by atomic mass is 32.2. The van der Waals surface area contributed by atoms with Gasteiger partial charge in [0.2, 0.25) is 0 Å². The van der Waals surface area contributed by atoms with Crippen molar-refractivity contribution in [2.45, 2.75) is 23.6 Å². The van der Waals surface area contributed by atoms with Crippen molar-refractivity contribution >= 4 is 22.8 Å². The van der Waals surface area contributed by atoms with Gasteiger partial charge in [0.05, 0.1) is 22.9 Å². The second-order valence-corrected chi connectivity index (χ2v) is 7.71. The minimum absolute atomic E-state index is 0.109. The van der Waals surface area contributed by atoms with Crippen molar-refractivity contribution < 1.29 is 4.74 Å². The molecule has 1 heterocycles. The molecule has 0 bridgehead atoms. The Labute approximate surface area is 170 Å². The Kier molecular flexibility index (Phi) is 6.10. The molecule has 0 N–H and O–H groups in total. The number of fused-ring (bicyclic) bond motifs is 1. The zero-order chi connectivity index (χ0) is 19.2. The summed E-state index contributed by atoms with van der Waals surface area (Å²) >= 11 is 1.84. The Hall–Kier alpha value is -2.56. The van der Waals surface area contributed by atoms with Crippen LogP contribution in [0, 0.1) is 0 Å². The van der Waals surface area contributed by atoms with E-state index in [-0.39, 0.29) is 5.25 Å². The maximum absolute atomic E-state index is 5.66. The topological polar surface area (TPSA) is 27.1 Å². The van der Waals surface area contributed by atoms with Crippen LogP contribution in [0.1, 0.15) is 23.6 Å². The largest absolute Gasteiger partial charge is 0.380 e. The number of hydrogen-bond donors (Lipinski definition) is 0. The Morgan fingerprint density at radius 3 is 2.32 bits per heavy atom. The lowest BCUT2D eigenvalue weighted by molar-refractivity contribution is 0.139. The van der Waals surface area contributed by atoms with E-state index in [1.807, 2.05) is 24.8 Å². The van der Waals surface area contributed by atoms with E-state index in [9.17, 15) is 0 Å². The second kappa shape index (κ2) is 9.09. The third kappa shape index (κ3) is 4.13. The average Bonchev–Trinajstić information content (AvgIpc) is 3.12. The maximum atomic E-state index is 5.66. The molecule has 4 heteroatoms. The van der Waals surface area contributed by atoms with E-state index in [0.717, 1.165) is 30.0 Å². The molecular weight excluding hydrogens is 364 g/mol. The lowest BCUT2D eigenvalue weighted by Crippen LogP contribution is -2.12. The highest BCUT2D eigenvalue weighted by Gasteiger charge is 2.23. The number of para-hydroxylation sites is 2. The van der Waals surface area contributed by atoms with Gasteiger partial charge >= 0.3 is 0 Å². The monoisotopic (exact) mass is 388 g/mol. The van der Waals surface area contributed by atoms with Crippen LogP contribution in [-0.4, -0.2) is 22.8 Å². The predicted octanol–water partition coefficient (Wildman–Crippen LogP) is 5.95. The van der Waals surface area contributed by atoms with Crippen LogP contribution >= 0.6 is 11.8 Å². The fourth-order valence-corrected chi connectivity index (χ4v) is 4.53. The number of aromatic nitrogens is 2. The minimum atomic E-state index is 0.109. The van der Waals surface area contributed by atoms with Crippen molar-refractivity contribution in [3.8, 4) is 0 Å². The number of hydrogen-bond acceptors (Lipinski definition) is 3. The molecule has 0 fully saturated rings. The molecule has 1 unspecified atom stereocenters. The molecule has 4 aromatic rings. The minimum Gasteiger partial charge on any atom is -0.380 e. The summed E-state index contributed by atoms with van der Waals surface area (Å²) in [7, 11) is 0. The third-order valence-corrected chi connectivity index (χ3v) is 5.94. The van der Waals surface area contributed by atoms with E-state index < -0.39 is 0 Å². The molecule has 0 radical (unpaired) electrons. The molecule has 0 amide bonds. The van der Waals surface area contributed by atoms with Gasteiger partial charge in [-0.1, -0.05) is 60.7 Å². The summed E-state index contributed by atoms with van der Waals surface area (Å²) in [4.78, 5) is 6.29. The van der Waals surface area contributed by atoms with Gasteiger partial charge in [-0.3, -0.25) is 0 Å². The summed E-state index contributed by atoms with van der Waals surface area (Å²) in [6.45, 7) is 4.23. The predicted molar refractivity (Wildman–Crippen MR) is 117 cm³/mol. The van der Waals surface area contributed by atoms with Crippen molar-refractivity contribution in [3.63, 3.8) is 0 Å². The first-order valence-electron chi connectivity index (χ1n) is 9.66. The summed E-state index contributed by atoms with van der Waals surface area (Å²) in [5, 5.41) is 0.109. The van der Waals surface area contributed by atoms with E-state index in [1.54, 1.807) is 0 Å². The van der Waals surface area contributed by atoms with Crippen molar-refractivity contribution in [1.29, 1.82) is 0 Å². The summed E-state index contributed by atoms with van der Waals surface area (Å²) < 4.78 is 7.98. The van der Waals surface area contributed by atoms with Gasteiger partial charge < -0.3 is 9.30 Å². The fourth-order valence-electron chi connectivity index (χ4n) is 3.36. The lowest BCUT2D eigenvalue weighted by Gasteiger charge is -2.19. The number of nitrogens with zero attached hydrogens (tertiary/aromatic N) is 2. The van der Waals surface area contributed by atoms with E-state index in [1.165, 1.54) is 10.5 Å². The van der Waals surface area contributed by atoms with Gasteiger partial charge in [0.15, 0.2) is 0 Å². The van der Waals surface area contributed by atoms with Crippen LogP contribution in [0.15, 0.2) is 89.8 Å². The first-order chi connectivity index (χ1) is 13.9. The highest BCUT2D eigenvalue weighted by molar-refractivity contribution is 7.99. The normalized spacial score (nSPS) is 12.3. The zero-order valence-electron chi connectivity index (χ0n) is 16.0. The number of ether oxygens (including phenoxy) is 1. The van der Waals surface area contributed by atoms with Crippen molar-refractivity contribution in [3.05, 3.63) is 96.3 Å². The first-order valence-corrected chi connectivity index (χ1v) is 10.5. The van der Waals surface area contributed by atoms with Gasteiger partial charge in [0, 0.05) is 18.0 Å². The lowest BCUT2D eigenvalue weighted by atomic mass is 10.1. The van der Waals surface area contributed by atoms with E-state index in [4.69, 9.17) is 9.72 Å². The fraction of sp³-hybridized carbons (Fsp3) is 0.208. The van der Waals surface area contributed by atoms with Crippen LogP contribution in [0.25, 0.3) is 11.0 Å². The van der Waals surface area contributed by atoms with Crippen LogP contribution in [0.5, 0.6) is 0 Å². The van der Waals surface area contributed by atoms with Crippen LogP contribution in [0.2, 0.25) is 0 Å². The van der Waals surface area contributed by atoms with Gasteiger partial charge in [-0.05, 0) is 36.8 Å². The summed E-state index contributed by atoms with van der Waals surface area (Å²) in [6.07, 6.45) is 0. The molecule has 3 aromatic carbocycles. The number of thioether (sulfide) groups is 1. The SMILES string of the molecule is CCOCCn1c(C(Sc2ccccc2)c2ccccc2)nc2ccccc21. The molecule has 1 atom stereocenters. The van der Waals surface area contributed by atoms with Crippen molar-refractivity contribution in [2.75, 3.05) is 13.2 Å². The first kappa shape index (κ1) is 18.8. The van der Waals surface area contributed by atoms with Gasteiger partial charge in [-0.25, -0.2) is 4.98 Å². The molecule has 142 valence electrons. The Bertz CT molecular complexity index is 1010. The molecule has 0 aliphatic carbocycles. The Morgan fingerprint density at radius 2 is 1.57 bits per heavy atom. The second-order valence-electron chi connectivity index (χ2n) is 6.53. The summed E-state index contributed by atoms with van der Waals surface area (Å²) in [5.74, 6) is 1.07. The Morgan fingerprint density at radius 1 is 0.893 bits per heavy atom. The van der Waals surface area contributed by atoms with Gasteiger partial charge in [0.25, 0.3) is 0 Å². The average molecular weight is 389 g/mol. The maximum Gasteiger partial charge on any atom is 0.128 e. The molecule has 3 nitrogen and oxygen atoms in total. The highest BCUT2D eigenvalue weighted by Crippen LogP contribution is 2.40. The van der Waals surface area contributed by atoms with E-state index >= 15 is 0 Å².